The molecule has 0 aromatic rings. The monoisotopic (exact) mass is 114 g/mol. The van der Waals surface area contributed by atoms with Crippen LogP contribution >= 0.6 is 0 Å². The van der Waals surface area contributed by atoms with E-state index >= 15 is 0 Å². The predicted molar refractivity (Wildman–Crippen MR) is 36.5 cm³/mol. The molecule has 8 heavy (non-hydrogen) atoms. The molecule has 0 fully saturated rings. The minimum atomic E-state index is 0.470. The molecule has 2 nitrogen and oxygen atoms in total. The SMILES string of the molecule is C=CNC(C)CCN. The summed E-state index contributed by atoms with van der Waals surface area (Å²) in [5.74, 6) is 0. The van der Waals surface area contributed by atoms with Crippen molar-refractivity contribution in [3.05, 3.63) is 12.8 Å². The van der Waals surface area contributed by atoms with Gasteiger partial charge < -0.3 is 11.1 Å². The van der Waals surface area contributed by atoms with Gasteiger partial charge in [-0.15, -0.1) is 0 Å². The second kappa shape index (κ2) is 4.65. The van der Waals surface area contributed by atoms with E-state index in [2.05, 4.69) is 18.8 Å². The Hall–Kier alpha value is -0.500. The average Bonchev–Trinajstić information content (AvgIpc) is 1.68. The van der Waals surface area contributed by atoms with Gasteiger partial charge in [-0.3, -0.25) is 0 Å². The molecule has 0 spiro atoms. The Balaban J connectivity index is 3.03. The summed E-state index contributed by atoms with van der Waals surface area (Å²) in [4.78, 5) is 0. The summed E-state index contributed by atoms with van der Waals surface area (Å²) in [6, 6.07) is 0.470. The average molecular weight is 114 g/mol. The zero-order valence-corrected chi connectivity index (χ0v) is 5.35. The molecule has 0 heterocycles. The van der Waals surface area contributed by atoms with E-state index in [-0.39, 0.29) is 0 Å². The van der Waals surface area contributed by atoms with Crippen LogP contribution < -0.4 is 11.1 Å². The van der Waals surface area contributed by atoms with Crippen molar-refractivity contribution in [2.24, 2.45) is 5.73 Å². The standard InChI is InChI=1S/C6H14N2/c1-3-8-6(2)4-5-7/h3,6,8H,1,4-5,7H2,2H3. The molecule has 0 aliphatic heterocycles. The van der Waals surface area contributed by atoms with Crippen LogP contribution in [0.3, 0.4) is 0 Å². The maximum atomic E-state index is 5.29. The van der Waals surface area contributed by atoms with Crippen molar-refractivity contribution in [1.82, 2.24) is 5.32 Å². The Kier molecular flexibility index (Phi) is 4.36. The van der Waals surface area contributed by atoms with Gasteiger partial charge in [0.2, 0.25) is 0 Å². The van der Waals surface area contributed by atoms with Gasteiger partial charge in [-0.1, -0.05) is 6.58 Å². The number of hydrogen-bond donors (Lipinski definition) is 2. The number of nitrogens with one attached hydrogen (secondary N) is 1. The van der Waals surface area contributed by atoms with E-state index in [1.807, 2.05) is 0 Å². The second-order valence-electron chi connectivity index (χ2n) is 1.85. The molecule has 0 radical (unpaired) electrons. The quantitative estimate of drug-likeness (QED) is 0.557. The lowest BCUT2D eigenvalue weighted by atomic mass is 10.2. The van der Waals surface area contributed by atoms with Crippen molar-refractivity contribution in [2.45, 2.75) is 19.4 Å². The van der Waals surface area contributed by atoms with Gasteiger partial charge in [-0.25, -0.2) is 0 Å². The number of rotatable bonds is 4. The highest BCUT2D eigenvalue weighted by molar-refractivity contribution is 4.69. The van der Waals surface area contributed by atoms with E-state index in [1.165, 1.54) is 0 Å². The Labute approximate surface area is 50.8 Å². The Bertz CT molecular complexity index is 61.5. The van der Waals surface area contributed by atoms with Crippen LogP contribution in [0, 0.1) is 0 Å². The van der Waals surface area contributed by atoms with Gasteiger partial charge in [0.25, 0.3) is 0 Å². The van der Waals surface area contributed by atoms with Crippen molar-refractivity contribution in [3.63, 3.8) is 0 Å². The zero-order valence-electron chi connectivity index (χ0n) is 5.35. The molecule has 0 rings (SSSR count). The lowest BCUT2D eigenvalue weighted by molar-refractivity contribution is 0.596. The largest absolute Gasteiger partial charge is 0.389 e. The lowest BCUT2D eigenvalue weighted by Gasteiger charge is -2.07. The Morgan fingerprint density at radius 2 is 2.50 bits per heavy atom. The van der Waals surface area contributed by atoms with Crippen LogP contribution in [0.15, 0.2) is 12.8 Å². The molecule has 0 aliphatic rings. The molecule has 0 saturated heterocycles. The lowest BCUT2D eigenvalue weighted by Crippen LogP contribution is -2.23. The molecular weight excluding hydrogens is 100 g/mol. The van der Waals surface area contributed by atoms with Crippen molar-refractivity contribution in [3.8, 4) is 0 Å². The van der Waals surface area contributed by atoms with Gasteiger partial charge in [0.05, 0.1) is 0 Å². The van der Waals surface area contributed by atoms with Crippen LogP contribution in [-0.4, -0.2) is 12.6 Å². The number of nitrogens with two attached hydrogens (primary N) is 1. The molecule has 2 heteroatoms. The van der Waals surface area contributed by atoms with E-state index in [4.69, 9.17) is 5.73 Å². The minimum Gasteiger partial charge on any atom is -0.389 e. The predicted octanol–water partition coefficient (Wildman–Crippen LogP) is 0.457. The van der Waals surface area contributed by atoms with Crippen molar-refractivity contribution < 1.29 is 0 Å². The van der Waals surface area contributed by atoms with Crippen LogP contribution in [0.2, 0.25) is 0 Å². The molecule has 1 atom stereocenters. The smallest absolute Gasteiger partial charge is 0.0239 e. The Morgan fingerprint density at radius 3 is 2.88 bits per heavy atom. The second-order valence-corrected chi connectivity index (χ2v) is 1.85. The summed E-state index contributed by atoms with van der Waals surface area (Å²) >= 11 is 0. The summed E-state index contributed by atoms with van der Waals surface area (Å²) in [6.45, 7) is 6.35. The molecule has 0 bridgehead atoms. The molecule has 0 aromatic carbocycles. The first-order chi connectivity index (χ1) is 3.81. The van der Waals surface area contributed by atoms with E-state index in [0.717, 1.165) is 13.0 Å². The maximum Gasteiger partial charge on any atom is 0.0239 e. The van der Waals surface area contributed by atoms with Crippen molar-refractivity contribution in [1.29, 1.82) is 0 Å². The van der Waals surface area contributed by atoms with Crippen LogP contribution in [0.5, 0.6) is 0 Å². The first kappa shape index (κ1) is 7.50. The number of hydrogen-bond acceptors (Lipinski definition) is 2. The van der Waals surface area contributed by atoms with Gasteiger partial charge in [0.15, 0.2) is 0 Å². The molecule has 3 N–H and O–H groups in total. The van der Waals surface area contributed by atoms with Crippen molar-refractivity contribution in [2.75, 3.05) is 6.54 Å². The fourth-order valence-corrected chi connectivity index (χ4v) is 0.535. The highest BCUT2D eigenvalue weighted by Gasteiger charge is 1.92. The summed E-state index contributed by atoms with van der Waals surface area (Å²) < 4.78 is 0. The molecule has 0 aliphatic carbocycles. The third kappa shape index (κ3) is 3.68. The van der Waals surface area contributed by atoms with E-state index in [0.29, 0.717) is 6.04 Å². The fourth-order valence-electron chi connectivity index (χ4n) is 0.535. The topological polar surface area (TPSA) is 38.0 Å². The van der Waals surface area contributed by atoms with Gasteiger partial charge in [-0.2, -0.15) is 0 Å². The molecule has 1 unspecified atom stereocenters. The van der Waals surface area contributed by atoms with Crippen LogP contribution in [0.1, 0.15) is 13.3 Å². The first-order valence-electron chi connectivity index (χ1n) is 2.88. The third-order valence-electron chi connectivity index (χ3n) is 1.00. The Morgan fingerprint density at radius 1 is 1.88 bits per heavy atom. The maximum absolute atomic E-state index is 5.29. The molecule has 0 saturated carbocycles. The summed E-state index contributed by atoms with van der Waals surface area (Å²) in [5.41, 5.74) is 5.29. The van der Waals surface area contributed by atoms with Crippen LogP contribution in [-0.2, 0) is 0 Å². The molecule has 0 amide bonds. The highest BCUT2D eigenvalue weighted by atomic mass is 14.9. The minimum absolute atomic E-state index is 0.470. The molecular formula is C6H14N2. The normalized spacial score (nSPS) is 12.8. The summed E-state index contributed by atoms with van der Waals surface area (Å²) in [7, 11) is 0. The van der Waals surface area contributed by atoms with Crippen LogP contribution in [0.25, 0.3) is 0 Å². The van der Waals surface area contributed by atoms with E-state index < -0.39 is 0 Å². The molecule has 0 aromatic heterocycles. The van der Waals surface area contributed by atoms with E-state index in [1.54, 1.807) is 6.20 Å². The highest BCUT2D eigenvalue weighted by Crippen LogP contribution is 1.84. The van der Waals surface area contributed by atoms with Gasteiger partial charge in [-0.05, 0) is 26.1 Å². The van der Waals surface area contributed by atoms with E-state index in [9.17, 15) is 0 Å². The van der Waals surface area contributed by atoms with Gasteiger partial charge >= 0.3 is 0 Å². The summed E-state index contributed by atoms with van der Waals surface area (Å²) in [5, 5.41) is 3.03. The third-order valence-corrected chi connectivity index (χ3v) is 1.00. The van der Waals surface area contributed by atoms with Crippen LogP contribution in [0.4, 0.5) is 0 Å². The first-order valence-corrected chi connectivity index (χ1v) is 2.88. The zero-order chi connectivity index (χ0) is 6.41. The fraction of sp³-hybridized carbons (Fsp3) is 0.667. The molecule has 48 valence electrons. The van der Waals surface area contributed by atoms with Crippen molar-refractivity contribution >= 4 is 0 Å². The van der Waals surface area contributed by atoms with Gasteiger partial charge in [0.1, 0.15) is 0 Å². The summed E-state index contributed by atoms with van der Waals surface area (Å²) in [6.07, 6.45) is 2.70. The van der Waals surface area contributed by atoms with Gasteiger partial charge in [0, 0.05) is 6.04 Å².